The van der Waals surface area contributed by atoms with Crippen molar-refractivity contribution < 1.29 is 22.7 Å². The van der Waals surface area contributed by atoms with Gasteiger partial charge in [-0.2, -0.15) is 13.2 Å². The number of benzene rings is 1. The molecule has 1 unspecified atom stereocenters. The van der Waals surface area contributed by atoms with Crippen LogP contribution in [0.2, 0.25) is 0 Å². The van der Waals surface area contributed by atoms with Gasteiger partial charge in [0.15, 0.2) is 5.60 Å². The van der Waals surface area contributed by atoms with E-state index in [9.17, 15) is 18.3 Å². The Kier molecular flexibility index (Phi) is 2.24. The molecule has 86 valence electrons. The highest BCUT2D eigenvalue weighted by Crippen LogP contribution is 2.39. The second-order valence-corrected chi connectivity index (χ2v) is 3.74. The molecule has 1 heterocycles. The maximum absolute atomic E-state index is 12.6. The van der Waals surface area contributed by atoms with Crippen molar-refractivity contribution in [2.24, 2.45) is 0 Å². The summed E-state index contributed by atoms with van der Waals surface area (Å²) in [6, 6.07) is 5.43. The number of hydrogen-bond donors (Lipinski definition) is 1. The molecule has 2 rings (SSSR count). The third-order valence-electron chi connectivity index (χ3n) is 2.57. The normalized spacial score (nSPS) is 16.3. The molecule has 1 atom stereocenters. The maximum Gasteiger partial charge on any atom is 0.421 e. The minimum atomic E-state index is -4.70. The average Bonchev–Trinajstić information content (AvgIpc) is 2.61. The van der Waals surface area contributed by atoms with E-state index in [1.807, 2.05) is 0 Å². The summed E-state index contributed by atoms with van der Waals surface area (Å²) in [6.07, 6.45) is -3.32. The zero-order valence-electron chi connectivity index (χ0n) is 8.38. The Labute approximate surface area is 89.3 Å². The van der Waals surface area contributed by atoms with Gasteiger partial charge < -0.3 is 9.52 Å². The van der Waals surface area contributed by atoms with Crippen LogP contribution in [-0.2, 0) is 5.60 Å². The van der Waals surface area contributed by atoms with Crippen LogP contribution in [0.1, 0.15) is 12.5 Å². The van der Waals surface area contributed by atoms with Crippen molar-refractivity contribution in [3.05, 3.63) is 36.1 Å². The largest absolute Gasteiger partial charge is 0.464 e. The fraction of sp³-hybridized carbons (Fsp3) is 0.273. The molecule has 0 radical (unpaired) electrons. The smallest absolute Gasteiger partial charge is 0.421 e. The molecule has 0 fully saturated rings. The number of alkyl halides is 3. The molecule has 0 aliphatic heterocycles. The van der Waals surface area contributed by atoms with Gasteiger partial charge in [0.1, 0.15) is 5.58 Å². The maximum atomic E-state index is 12.6. The summed E-state index contributed by atoms with van der Waals surface area (Å²) >= 11 is 0. The van der Waals surface area contributed by atoms with Crippen LogP contribution in [0.15, 0.2) is 34.9 Å². The molecular formula is C11H9F3O2. The third-order valence-corrected chi connectivity index (χ3v) is 2.57. The Morgan fingerprint density at radius 1 is 1.19 bits per heavy atom. The molecule has 0 amide bonds. The van der Waals surface area contributed by atoms with Gasteiger partial charge in [0, 0.05) is 5.39 Å². The van der Waals surface area contributed by atoms with Crippen molar-refractivity contribution in [1.82, 2.24) is 0 Å². The van der Waals surface area contributed by atoms with E-state index in [4.69, 9.17) is 4.42 Å². The number of aliphatic hydroxyl groups is 1. The van der Waals surface area contributed by atoms with E-state index in [0.29, 0.717) is 11.0 Å². The second kappa shape index (κ2) is 3.25. The van der Waals surface area contributed by atoms with Crippen molar-refractivity contribution >= 4 is 11.0 Å². The highest BCUT2D eigenvalue weighted by molar-refractivity contribution is 5.78. The quantitative estimate of drug-likeness (QED) is 0.816. The molecule has 0 saturated carbocycles. The van der Waals surface area contributed by atoms with E-state index >= 15 is 0 Å². The molecule has 0 aliphatic carbocycles. The molecule has 1 N–H and O–H groups in total. The molecule has 5 heteroatoms. The van der Waals surface area contributed by atoms with E-state index in [1.165, 1.54) is 24.5 Å². The highest BCUT2D eigenvalue weighted by atomic mass is 19.4. The van der Waals surface area contributed by atoms with Gasteiger partial charge in [-0.1, -0.05) is 6.07 Å². The van der Waals surface area contributed by atoms with E-state index in [-0.39, 0.29) is 5.56 Å². The van der Waals surface area contributed by atoms with Gasteiger partial charge in [-0.05, 0) is 30.7 Å². The van der Waals surface area contributed by atoms with Crippen LogP contribution in [0.3, 0.4) is 0 Å². The minimum absolute atomic E-state index is 0.200. The van der Waals surface area contributed by atoms with Crippen LogP contribution in [0.5, 0.6) is 0 Å². The van der Waals surface area contributed by atoms with Crippen molar-refractivity contribution in [1.29, 1.82) is 0 Å². The summed E-state index contributed by atoms with van der Waals surface area (Å²) in [5, 5.41) is 9.99. The lowest BCUT2D eigenvalue weighted by molar-refractivity contribution is -0.258. The third kappa shape index (κ3) is 1.57. The minimum Gasteiger partial charge on any atom is -0.464 e. The Hall–Kier alpha value is -1.49. The van der Waals surface area contributed by atoms with Gasteiger partial charge in [-0.25, -0.2) is 0 Å². The predicted octanol–water partition coefficient (Wildman–Crippen LogP) is 3.20. The van der Waals surface area contributed by atoms with E-state index < -0.39 is 11.8 Å². The van der Waals surface area contributed by atoms with Crippen molar-refractivity contribution in [2.45, 2.75) is 18.7 Å². The fourth-order valence-electron chi connectivity index (χ4n) is 1.43. The van der Waals surface area contributed by atoms with Gasteiger partial charge in [0.2, 0.25) is 0 Å². The zero-order valence-corrected chi connectivity index (χ0v) is 8.38. The van der Waals surface area contributed by atoms with Crippen LogP contribution in [0, 0.1) is 0 Å². The number of halogens is 3. The topological polar surface area (TPSA) is 33.4 Å². The molecule has 0 bridgehead atoms. The first-order chi connectivity index (χ1) is 7.32. The molecule has 2 nitrogen and oxygen atoms in total. The van der Waals surface area contributed by atoms with Crippen LogP contribution in [-0.4, -0.2) is 11.3 Å². The summed E-state index contributed by atoms with van der Waals surface area (Å²) in [4.78, 5) is 0. The van der Waals surface area contributed by atoms with Crippen molar-refractivity contribution in [3.8, 4) is 0 Å². The molecule has 1 aromatic heterocycles. The lowest BCUT2D eigenvalue weighted by Crippen LogP contribution is -2.39. The Morgan fingerprint density at radius 2 is 1.88 bits per heavy atom. The summed E-state index contributed by atoms with van der Waals surface area (Å²) in [7, 11) is 0. The van der Waals surface area contributed by atoms with Crippen LogP contribution < -0.4 is 0 Å². The molecule has 2 aromatic rings. The zero-order chi connectivity index (χ0) is 12.0. The summed E-state index contributed by atoms with van der Waals surface area (Å²) in [6.45, 7) is 0.730. The Bertz CT molecular complexity index is 511. The number of hydrogen-bond acceptors (Lipinski definition) is 2. The standard InChI is InChI=1S/C11H9F3O2/c1-10(15,11(12,13)14)8-2-3-9-7(6-8)4-5-16-9/h2-6,15H,1H3. The van der Waals surface area contributed by atoms with E-state index in [0.717, 1.165) is 6.92 Å². The van der Waals surface area contributed by atoms with Gasteiger partial charge in [0.25, 0.3) is 0 Å². The number of rotatable bonds is 1. The number of fused-ring (bicyclic) bond motifs is 1. The molecule has 0 spiro atoms. The van der Waals surface area contributed by atoms with Crippen LogP contribution in [0.25, 0.3) is 11.0 Å². The number of furan rings is 1. The second-order valence-electron chi connectivity index (χ2n) is 3.74. The Morgan fingerprint density at radius 3 is 2.50 bits per heavy atom. The molecule has 0 aliphatic rings. The van der Waals surface area contributed by atoms with Gasteiger partial charge in [-0.3, -0.25) is 0 Å². The molecule has 0 saturated heterocycles. The lowest BCUT2D eigenvalue weighted by atomic mass is 9.94. The van der Waals surface area contributed by atoms with Crippen molar-refractivity contribution in [3.63, 3.8) is 0 Å². The Balaban J connectivity index is 2.54. The summed E-state index contributed by atoms with van der Waals surface area (Å²) in [5.41, 5.74) is -2.56. The van der Waals surface area contributed by atoms with Gasteiger partial charge >= 0.3 is 6.18 Å². The molecule has 1 aromatic carbocycles. The van der Waals surface area contributed by atoms with Gasteiger partial charge in [-0.15, -0.1) is 0 Å². The first kappa shape index (κ1) is 11.0. The first-order valence-corrected chi connectivity index (χ1v) is 4.59. The highest BCUT2D eigenvalue weighted by Gasteiger charge is 2.51. The van der Waals surface area contributed by atoms with Crippen LogP contribution >= 0.6 is 0 Å². The fourth-order valence-corrected chi connectivity index (χ4v) is 1.43. The van der Waals surface area contributed by atoms with Gasteiger partial charge in [0.05, 0.1) is 6.26 Å². The van der Waals surface area contributed by atoms with Crippen molar-refractivity contribution in [2.75, 3.05) is 0 Å². The average molecular weight is 230 g/mol. The molecular weight excluding hydrogens is 221 g/mol. The van der Waals surface area contributed by atoms with E-state index in [2.05, 4.69) is 0 Å². The first-order valence-electron chi connectivity index (χ1n) is 4.59. The van der Waals surface area contributed by atoms with E-state index in [1.54, 1.807) is 6.07 Å². The summed E-state index contributed by atoms with van der Waals surface area (Å²) < 4.78 is 42.7. The monoisotopic (exact) mass is 230 g/mol. The molecule has 16 heavy (non-hydrogen) atoms. The van der Waals surface area contributed by atoms with Crippen LogP contribution in [0.4, 0.5) is 13.2 Å². The lowest BCUT2D eigenvalue weighted by Gasteiger charge is -2.26. The SMILES string of the molecule is CC(O)(c1ccc2occc2c1)C(F)(F)F. The summed E-state index contributed by atoms with van der Waals surface area (Å²) in [5.74, 6) is 0. The predicted molar refractivity (Wildman–Crippen MR) is 51.8 cm³/mol.